The molecule has 4 aromatic rings. The average Bonchev–Trinajstić information content (AvgIpc) is 2.69. The zero-order valence-corrected chi connectivity index (χ0v) is 14.6. The van der Waals surface area contributed by atoms with E-state index < -0.39 is 0 Å². The van der Waals surface area contributed by atoms with E-state index in [0.717, 1.165) is 33.7 Å². The fourth-order valence-corrected chi connectivity index (χ4v) is 2.73. The van der Waals surface area contributed by atoms with Crippen molar-refractivity contribution in [3.05, 3.63) is 67.3 Å². The second-order valence-corrected chi connectivity index (χ2v) is 6.09. The second kappa shape index (κ2) is 6.76. The topological polar surface area (TPSA) is 66.8 Å². The lowest BCUT2D eigenvalue weighted by atomic mass is 10.1. The summed E-state index contributed by atoms with van der Waals surface area (Å²) in [6.07, 6.45) is 4.99. The van der Waals surface area contributed by atoms with Crippen molar-refractivity contribution in [1.82, 2.24) is 19.9 Å². The van der Waals surface area contributed by atoms with Crippen LogP contribution in [0, 0.1) is 0 Å². The third-order valence-electron chi connectivity index (χ3n) is 4.11. The van der Waals surface area contributed by atoms with Crippen LogP contribution in [-0.4, -0.2) is 34.0 Å². The third kappa shape index (κ3) is 3.17. The largest absolute Gasteiger partial charge is 0.378 e. The maximum absolute atomic E-state index is 4.82. The van der Waals surface area contributed by atoms with E-state index >= 15 is 0 Å². The average molecular weight is 342 g/mol. The number of pyridine rings is 2. The number of fused-ring (bicyclic) bond motifs is 1. The van der Waals surface area contributed by atoms with Crippen molar-refractivity contribution in [2.24, 2.45) is 0 Å². The third-order valence-corrected chi connectivity index (χ3v) is 4.11. The van der Waals surface area contributed by atoms with Gasteiger partial charge in [0, 0.05) is 43.1 Å². The van der Waals surface area contributed by atoms with Crippen molar-refractivity contribution in [2.45, 2.75) is 0 Å². The minimum Gasteiger partial charge on any atom is -0.378 e. The van der Waals surface area contributed by atoms with Gasteiger partial charge in [0.1, 0.15) is 18.0 Å². The molecule has 0 atom stereocenters. The lowest BCUT2D eigenvalue weighted by molar-refractivity contribution is 1.13. The minimum absolute atomic E-state index is 0.692. The van der Waals surface area contributed by atoms with Crippen molar-refractivity contribution < 1.29 is 0 Å². The lowest BCUT2D eigenvalue weighted by Gasteiger charge is -2.13. The summed E-state index contributed by atoms with van der Waals surface area (Å²) in [6.45, 7) is 0. The summed E-state index contributed by atoms with van der Waals surface area (Å²) in [5.41, 5.74) is 3.92. The van der Waals surface area contributed by atoms with Crippen LogP contribution in [0.4, 0.5) is 17.3 Å². The Morgan fingerprint density at radius 2 is 1.77 bits per heavy atom. The highest BCUT2D eigenvalue weighted by molar-refractivity contribution is 5.93. The van der Waals surface area contributed by atoms with Gasteiger partial charge in [0.2, 0.25) is 0 Å². The molecule has 0 spiro atoms. The molecule has 0 bridgehead atoms. The predicted molar refractivity (Wildman–Crippen MR) is 105 cm³/mol. The smallest absolute Gasteiger partial charge is 0.141 e. The summed E-state index contributed by atoms with van der Waals surface area (Å²) in [5.74, 6) is 1.42. The van der Waals surface area contributed by atoms with Gasteiger partial charge in [-0.15, -0.1) is 0 Å². The van der Waals surface area contributed by atoms with E-state index in [1.807, 2.05) is 38.4 Å². The molecule has 0 aliphatic rings. The van der Waals surface area contributed by atoms with Crippen molar-refractivity contribution in [1.29, 1.82) is 0 Å². The van der Waals surface area contributed by atoms with Gasteiger partial charge >= 0.3 is 0 Å². The number of aromatic nitrogens is 4. The number of rotatable bonds is 4. The summed E-state index contributed by atoms with van der Waals surface area (Å²) in [5, 5.41) is 4.22. The van der Waals surface area contributed by atoms with Crippen LogP contribution in [0.1, 0.15) is 0 Å². The fourth-order valence-electron chi connectivity index (χ4n) is 2.73. The molecule has 0 fully saturated rings. The molecule has 0 unspecified atom stereocenters. The molecule has 6 nitrogen and oxygen atoms in total. The Bertz CT molecular complexity index is 1030. The molecule has 0 saturated heterocycles. The van der Waals surface area contributed by atoms with Crippen LogP contribution < -0.4 is 10.2 Å². The van der Waals surface area contributed by atoms with Gasteiger partial charge in [-0.1, -0.05) is 12.1 Å². The maximum atomic E-state index is 4.82. The van der Waals surface area contributed by atoms with Gasteiger partial charge < -0.3 is 10.2 Å². The first-order valence-electron chi connectivity index (χ1n) is 8.27. The molecule has 26 heavy (non-hydrogen) atoms. The van der Waals surface area contributed by atoms with Crippen LogP contribution in [0.3, 0.4) is 0 Å². The zero-order valence-electron chi connectivity index (χ0n) is 14.6. The lowest BCUT2D eigenvalue weighted by Crippen LogP contribution is -2.08. The summed E-state index contributed by atoms with van der Waals surface area (Å²) in [4.78, 5) is 19.6. The SMILES string of the molecule is CN(C)c1ccc(-c2cc3ncccc3c(Nc3ccncn3)n2)cc1. The number of benzene rings is 1. The van der Waals surface area contributed by atoms with E-state index in [-0.39, 0.29) is 0 Å². The zero-order chi connectivity index (χ0) is 17.9. The molecule has 4 rings (SSSR count). The Balaban J connectivity index is 1.80. The molecule has 0 aliphatic carbocycles. The molecule has 3 aromatic heterocycles. The molecular formula is C20H18N6. The summed E-state index contributed by atoms with van der Waals surface area (Å²) < 4.78 is 0. The quantitative estimate of drug-likeness (QED) is 0.607. The second-order valence-electron chi connectivity index (χ2n) is 6.09. The molecule has 1 aromatic carbocycles. The molecular weight excluding hydrogens is 324 g/mol. The Morgan fingerprint density at radius 3 is 2.50 bits per heavy atom. The number of hydrogen-bond donors (Lipinski definition) is 1. The van der Waals surface area contributed by atoms with Crippen LogP contribution in [-0.2, 0) is 0 Å². The van der Waals surface area contributed by atoms with E-state index in [9.17, 15) is 0 Å². The van der Waals surface area contributed by atoms with E-state index in [1.54, 1.807) is 12.4 Å². The van der Waals surface area contributed by atoms with E-state index in [0.29, 0.717) is 5.82 Å². The number of hydrogen-bond acceptors (Lipinski definition) is 6. The van der Waals surface area contributed by atoms with E-state index in [1.165, 1.54) is 6.33 Å². The molecule has 0 aliphatic heterocycles. The number of nitrogens with zero attached hydrogens (tertiary/aromatic N) is 5. The van der Waals surface area contributed by atoms with Gasteiger partial charge in [-0.05, 0) is 36.4 Å². The Morgan fingerprint density at radius 1 is 0.923 bits per heavy atom. The minimum atomic E-state index is 0.692. The van der Waals surface area contributed by atoms with Crippen LogP contribution in [0.5, 0.6) is 0 Å². The van der Waals surface area contributed by atoms with Crippen LogP contribution in [0.2, 0.25) is 0 Å². The summed E-state index contributed by atoms with van der Waals surface area (Å²) in [7, 11) is 4.05. The van der Waals surface area contributed by atoms with Gasteiger partial charge in [-0.2, -0.15) is 0 Å². The maximum Gasteiger partial charge on any atom is 0.141 e. The number of nitrogens with one attached hydrogen (secondary N) is 1. The highest BCUT2D eigenvalue weighted by Crippen LogP contribution is 2.29. The normalized spacial score (nSPS) is 10.7. The van der Waals surface area contributed by atoms with E-state index in [2.05, 4.69) is 49.4 Å². The van der Waals surface area contributed by atoms with Crippen LogP contribution >= 0.6 is 0 Å². The Hall–Kier alpha value is -3.54. The van der Waals surface area contributed by atoms with Crippen LogP contribution in [0.15, 0.2) is 67.3 Å². The Kier molecular flexibility index (Phi) is 4.15. The van der Waals surface area contributed by atoms with Gasteiger partial charge in [0.25, 0.3) is 0 Å². The molecule has 128 valence electrons. The van der Waals surface area contributed by atoms with Crippen LogP contribution in [0.25, 0.3) is 22.2 Å². The van der Waals surface area contributed by atoms with Gasteiger partial charge in [-0.3, -0.25) is 4.98 Å². The standard InChI is InChI=1S/C20H18N6/c1-26(2)15-7-5-14(6-8-15)17-12-18-16(4-3-10-22-18)20(24-17)25-19-9-11-21-13-23-19/h3-13H,1-2H3,(H,21,23,24,25). The monoisotopic (exact) mass is 342 g/mol. The van der Waals surface area contributed by atoms with Crippen molar-refractivity contribution in [3.63, 3.8) is 0 Å². The van der Waals surface area contributed by atoms with E-state index in [4.69, 9.17) is 4.98 Å². The highest BCUT2D eigenvalue weighted by Gasteiger charge is 2.10. The first-order chi connectivity index (χ1) is 12.7. The van der Waals surface area contributed by atoms with Gasteiger partial charge in [0.15, 0.2) is 0 Å². The molecule has 6 heteroatoms. The van der Waals surface area contributed by atoms with Gasteiger partial charge in [-0.25, -0.2) is 15.0 Å². The number of anilines is 3. The molecule has 0 saturated carbocycles. The van der Waals surface area contributed by atoms with Crippen molar-refractivity contribution >= 4 is 28.2 Å². The molecule has 0 amide bonds. The predicted octanol–water partition coefficient (Wildman–Crippen LogP) is 3.90. The van der Waals surface area contributed by atoms with Crippen molar-refractivity contribution in [3.8, 4) is 11.3 Å². The Labute approximate surface area is 151 Å². The first-order valence-corrected chi connectivity index (χ1v) is 8.27. The molecule has 0 radical (unpaired) electrons. The summed E-state index contributed by atoms with van der Waals surface area (Å²) >= 11 is 0. The molecule has 1 N–H and O–H groups in total. The first kappa shape index (κ1) is 16.0. The fraction of sp³-hybridized carbons (Fsp3) is 0.100. The van der Waals surface area contributed by atoms with Crippen molar-refractivity contribution in [2.75, 3.05) is 24.3 Å². The van der Waals surface area contributed by atoms with Gasteiger partial charge in [0.05, 0.1) is 11.2 Å². The molecule has 3 heterocycles. The highest BCUT2D eigenvalue weighted by atomic mass is 15.1. The summed E-state index contributed by atoms with van der Waals surface area (Å²) in [6, 6.07) is 16.0.